The summed E-state index contributed by atoms with van der Waals surface area (Å²) < 4.78 is 5.77. The molecule has 0 aromatic carbocycles. The van der Waals surface area contributed by atoms with Crippen molar-refractivity contribution in [3.63, 3.8) is 0 Å². The van der Waals surface area contributed by atoms with Crippen molar-refractivity contribution in [2.75, 3.05) is 11.9 Å². The van der Waals surface area contributed by atoms with Crippen molar-refractivity contribution in [2.45, 2.75) is 39.4 Å². The summed E-state index contributed by atoms with van der Waals surface area (Å²) in [7, 11) is 0. The van der Waals surface area contributed by atoms with Gasteiger partial charge in [-0.2, -0.15) is 0 Å². The first-order valence-electron chi connectivity index (χ1n) is 5.32. The van der Waals surface area contributed by atoms with E-state index in [2.05, 4.69) is 24.1 Å². The van der Waals surface area contributed by atoms with E-state index in [1.54, 1.807) is 6.20 Å². The minimum atomic E-state index is -0.175. The van der Waals surface area contributed by atoms with Crippen LogP contribution in [0.4, 0.5) is 5.82 Å². The van der Waals surface area contributed by atoms with Gasteiger partial charge in [0.05, 0.1) is 11.7 Å². The normalized spacial score (nSPS) is 11.8. The van der Waals surface area contributed by atoms with E-state index in [0.717, 1.165) is 12.4 Å². The molecule has 0 aliphatic carbocycles. The Morgan fingerprint density at radius 1 is 1.40 bits per heavy atom. The van der Waals surface area contributed by atoms with Crippen molar-refractivity contribution in [3.05, 3.63) is 24.4 Å². The maximum absolute atomic E-state index is 5.77. The SMILES string of the molecule is CC(C)OC(C)(C)CNc1ccccn1. The lowest BCUT2D eigenvalue weighted by Gasteiger charge is -2.28. The molecule has 15 heavy (non-hydrogen) atoms. The van der Waals surface area contributed by atoms with Gasteiger partial charge in [0.15, 0.2) is 0 Å². The lowest BCUT2D eigenvalue weighted by atomic mass is 10.1. The molecule has 0 spiro atoms. The van der Waals surface area contributed by atoms with E-state index in [1.165, 1.54) is 0 Å². The average molecular weight is 208 g/mol. The number of nitrogens with zero attached hydrogens (tertiary/aromatic N) is 1. The molecule has 0 atom stereocenters. The molecule has 0 aliphatic rings. The predicted molar refractivity (Wildman–Crippen MR) is 63.0 cm³/mol. The Bertz CT molecular complexity index is 283. The third kappa shape index (κ3) is 4.79. The van der Waals surface area contributed by atoms with Crippen LogP contribution < -0.4 is 5.32 Å². The van der Waals surface area contributed by atoms with Crippen LogP contribution in [0.3, 0.4) is 0 Å². The standard InChI is InChI=1S/C12H20N2O/c1-10(2)15-12(3,4)9-14-11-7-5-6-8-13-11/h5-8,10H,9H2,1-4H3,(H,13,14). The molecule has 1 aromatic rings. The molecule has 1 aromatic heterocycles. The topological polar surface area (TPSA) is 34.1 Å². The van der Waals surface area contributed by atoms with Gasteiger partial charge in [-0.25, -0.2) is 4.98 Å². The Kier molecular flexibility index (Phi) is 4.09. The van der Waals surface area contributed by atoms with Crippen molar-refractivity contribution >= 4 is 5.82 Å². The van der Waals surface area contributed by atoms with Crippen molar-refractivity contribution in [3.8, 4) is 0 Å². The van der Waals surface area contributed by atoms with Crippen LogP contribution in [0, 0.1) is 0 Å². The van der Waals surface area contributed by atoms with Crippen molar-refractivity contribution < 1.29 is 4.74 Å². The number of hydrogen-bond acceptors (Lipinski definition) is 3. The van der Waals surface area contributed by atoms with Gasteiger partial charge in [0.1, 0.15) is 5.82 Å². The lowest BCUT2D eigenvalue weighted by molar-refractivity contribution is -0.0462. The molecule has 0 amide bonds. The van der Waals surface area contributed by atoms with Gasteiger partial charge in [-0.3, -0.25) is 0 Å². The molecule has 1 heterocycles. The molecule has 0 unspecified atom stereocenters. The van der Waals surface area contributed by atoms with Gasteiger partial charge in [0.25, 0.3) is 0 Å². The van der Waals surface area contributed by atoms with Gasteiger partial charge < -0.3 is 10.1 Å². The van der Waals surface area contributed by atoms with Crippen LogP contribution in [0.2, 0.25) is 0 Å². The molecular weight excluding hydrogens is 188 g/mol. The maximum Gasteiger partial charge on any atom is 0.125 e. The number of anilines is 1. The fraction of sp³-hybridized carbons (Fsp3) is 0.583. The molecule has 0 saturated heterocycles. The highest BCUT2D eigenvalue weighted by atomic mass is 16.5. The number of ether oxygens (including phenoxy) is 1. The minimum absolute atomic E-state index is 0.175. The summed E-state index contributed by atoms with van der Waals surface area (Å²) in [6.07, 6.45) is 2.02. The third-order valence-electron chi connectivity index (χ3n) is 1.91. The largest absolute Gasteiger partial charge is 0.371 e. The maximum atomic E-state index is 5.77. The summed E-state index contributed by atoms with van der Waals surface area (Å²) in [4.78, 5) is 4.19. The second kappa shape index (κ2) is 5.12. The van der Waals surface area contributed by atoms with E-state index in [9.17, 15) is 0 Å². The van der Waals surface area contributed by atoms with E-state index in [1.807, 2.05) is 32.0 Å². The van der Waals surface area contributed by atoms with E-state index in [4.69, 9.17) is 4.74 Å². The van der Waals surface area contributed by atoms with Crippen LogP contribution >= 0.6 is 0 Å². The summed E-state index contributed by atoms with van der Waals surface area (Å²) >= 11 is 0. The van der Waals surface area contributed by atoms with Crippen LogP contribution in [0.25, 0.3) is 0 Å². The van der Waals surface area contributed by atoms with Crippen molar-refractivity contribution in [1.29, 1.82) is 0 Å². The first-order valence-corrected chi connectivity index (χ1v) is 5.32. The molecule has 3 heteroatoms. The molecule has 0 saturated carbocycles. The second-order valence-electron chi connectivity index (χ2n) is 4.49. The van der Waals surface area contributed by atoms with Crippen LogP contribution in [0.1, 0.15) is 27.7 Å². The van der Waals surface area contributed by atoms with Gasteiger partial charge in [-0.15, -0.1) is 0 Å². The highest BCUT2D eigenvalue weighted by Crippen LogP contribution is 2.13. The number of rotatable bonds is 5. The number of pyridine rings is 1. The summed E-state index contributed by atoms with van der Waals surface area (Å²) in [6.45, 7) is 8.99. The van der Waals surface area contributed by atoms with E-state index >= 15 is 0 Å². The summed E-state index contributed by atoms with van der Waals surface area (Å²) in [6, 6.07) is 5.82. The first-order chi connectivity index (χ1) is 6.99. The first kappa shape index (κ1) is 12.0. The Labute approximate surface area is 91.9 Å². The zero-order chi connectivity index (χ0) is 11.3. The van der Waals surface area contributed by atoms with Gasteiger partial charge >= 0.3 is 0 Å². The molecule has 84 valence electrons. The smallest absolute Gasteiger partial charge is 0.125 e. The van der Waals surface area contributed by atoms with Gasteiger partial charge in [0.2, 0.25) is 0 Å². The summed E-state index contributed by atoms with van der Waals surface area (Å²) in [5, 5.41) is 3.25. The number of aromatic nitrogens is 1. The Morgan fingerprint density at radius 2 is 2.13 bits per heavy atom. The summed E-state index contributed by atoms with van der Waals surface area (Å²) in [5.74, 6) is 0.887. The molecule has 0 fully saturated rings. The number of hydrogen-bond donors (Lipinski definition) is 1. The zero-order valence-electron chi connectivity index (χ0n) is 9.95. The monoisotopic (exact) mass is 208 g/mol. The Morgan fingerprint density at radius 3 is 2.67 bits per heavy atom. The fourth-order valence-electron chi connectivity index (χ4n) is 1.45. The van der Waals surface area contributed by atoms with Crippen molar-refractivity contribution in [2.24, 2.45) is 0 Å². The molecular formula is C12H20N2O. The van der Waals surface area contributed by atoms with Gasteiger partial charge in [-0.1, -0.05) is 6.07 Å². The molecule has 1 rings (SSSR count). The highest BCUT2D eigenvalue weighted by molar-refractivity contribution is 5.33. The Balaban J connectivity index is 2.42. The fourth-order valence-corrected chi connectivity index (χ4v) is 1.45. The summed E-state index contributed by atoms with van der Waals surface area (Å²) in [5.41, 5.74) is -0.175. The van der Waals surface area contributed by atoms with Gasteiger partial charge in [-0.05, 0) is 39.8 Å². The molecule has 0 bridgehead atoms. The minimum Gasteiger partial charge on any atom is -0.371 e. The molecule has 3 nitrogen and oxygen atoms in total. The van der Waals surface area contributed by atoms with E-state index in [-0.39, 0.29) is 11.7 Å². The van der Waals surface area contributed by atoms with Crippen LogP contribution in [0.5, 0.6) is 0 Å². The molecule has 0 aliphatic heterocycles. The van der Waals surface area contributed by atoms with E-state index in [0.29, 0.717) is 0 Å². The van der Waals surface area contributed by atoms with Crippen LogP contribution in [0.15, 0.2) is 24.4 Å². The highest BCUT2D eigenvalue weighted by Gasteiger charge is 2.19. The quantitative estimate of drug-likeness (QED) is 0.807. The average Bonchev–Trinajstić information content (AvgIpc) is 2.15. The van der Waals surface area contributed by atoms with Crippen molar-refractivity contribution in [1.82, 2.24) is 4.98 Å². The lowest BCUT2D eigenvalue weighted by Crippen LogP contribution is -2.35. The Hall–Kier alpha value is -1.09. The van der Waals surface area contributed by atoms with Crippen LogP contribution in [-0.2, 0) is 4.74 Å². The zero-order valence-corrected chi connectivity index (χ0v) is 9.95. The van der Waals surface area contributed by atoms with Gasteiger partial charge in [0, 0.05) is 12.7 Å². The van der Waals surface area contributed by atoms with E-state index < -0.39 is 0 Å². The third-order valence-corrected chi connectivity index (χ3v) is 1.91. The molecule has 0 radical (unpaired) electrons. The van der Waals surface area contributed by atoms with Crippen LogP contribution in [-0.4, -0.2) is 23.2 Å². The number of nitrogens with one attached hydrogen (secondary N) is 1. The predicted octanol–water partition coefficient (Wildman–Crippen LogP) is 2.70. The molecule has 1 N–H and O–H groups in total. The second-order valence-corrected chi connectivity index (χ2v) is 4.49.